The Morgan fingerprint density at radius 3 is 2.30 bits per heavy atom. The van der Waals surface area contributed by atoms with Crippen molar-refractivity contribution in [1.29, 1.82) is 0 Å². The van der Waals surface area contributed by atoms with Gasteiger partial charge in [0, 0.05) is 71.5 Å². The molecule has 2 heterocycles. The predicted molar refractivity (Wildman–Crippen MR) is 97.1 cm³/mol. The third-order valence-electron chi connectivity index (χ3n) is 4.96. The average Bonchev–Trinajstić information content (AvgIpc) is 2.73. The van der Waals surface area contributed by atoms with Crippen molar-refractivity contribution in [3.05, 3.63) is 11.3 Å². The summed E-state index contributed by atoms with van der Waals surface area (Å²) in [6, 6.07) is 0. The van der Waals surface area contributed by atoms with E-state index in [1.807, 2.05) is 11.7 Å². The summed E-state index contributed by atoms with van der Waals surface area (Å²) in [5.41, 5.74) is 2.59. The van der Waals surface area contributed by atoms with Crippen molar-refractivity contribution in [1.82, 2.24) is 24.9 Å². The van der Waals surface area contributed by atoms with E-state index < -0.39 is 0 Å². The van der Waals surface area contributed by atoms with Gasteiger partial charge < -0.3 is 15.1 Å². The number of anilines is 1. The zero-order chi connectivity index (χ0) is 17.2. The topological polar surface area (TPSA) is 39.6 Å². The molecule has 1 N–H and O–H groups in total. The minimum absolute atomic E-state index is 0.176. The molecule has 0 aromatic carbocycles. The van der Waals surface area contributed by atoms with Gasteiger partial charge in [-0.15, -0.1) is 0 Å². The second kappa shape index (κ2) is 7.20. The number of likely N-dealkylation sites (N-methyl/N-ethyl adjacent to an activating group) is 1. The first kappa shape index (κ1) is 18.2. The Balaban J connectivity index is 1.94. The van der Waals surface area contributed by atoms with E-state index >= 15 is 0 Å². The first-order valence-electron chi connectivity index (χ1n) is 8.56. The van der Waals surface area contributed by atoms with Crippen molar-refractivity contribution in [2.75, 3.05) is 58.8 Å². The quantitative estimate of drug-likeness (QED) is 0.843. The number of aromatic nitrogens is 2. The van der Waals surface area contributed by atoms with Crippen LogP contribution in [0.15, 0.2) is 0 Å². The van der Waals surface area contributed by atoms with Crippen LogP contribution < -0.4 is 10.2 Å². The van der Waals surface area contributed by atoms with Crippen LogP contribution in [0.1, 0.15) is 25.1 Å². The molecule has 2 rings (SSSR count). The standard InChI is InChI=1S/C17H34N6/c1-14-15(16(20(4)5)22(7)19-14)12-18-13-17(2,3)23-10-8-21(6)9-11-23/h18H,8-13H2,1-7H3. The van der Waals surface area contributed by atoms with E-state index in [0.29, 0.717) is 0 Å². The fourth-order valence-electron chi connectivity index (χ4n) is 3.47. The van der Waals surface area contributed by atoms with Crippen molar-refractivity contribution in [2.24, 2.45) is 7.05 Å². The zero-order valence-electron chi connectivity index (χ0n) is 16.0. The molecule has 1 fully saturated rings. The van der Waals surface area contributed by atoms with Gasteiger partial charge in [0.1, 0.15) is 5.82 Å². The third-order valence-corrected chi connectivity index (χ3v) is 4.96. The normalized spacial score (nSPS) is 17.7. The van der Waals surface area contributed by atoms with Crippen molar-refractivity contribution < 1.29 is 0 Å². The SMILES string of the molecule is Cc1nn(C)c(N(C)C)c1CNCC(C)(C)N1CCN(C)CC1. The first-order chi connectivity index (χ1) is 10.7. The molecule has 132 valence electrons. The van der Waals surface area contributed by atoms with E-state index in [9.17, 15) is 0 Å². The molecule has 0 bridgehead atoms. The number of aryl methyl sites for hydroxylation is 2. The maximum Gasteiger partial charge on any atom is 0.130 e. The highest BCUT2D eigenvalue weighted by molar-refractivity contribution is 5.48. The fourth-order valence-corrected chi connectivity index (χ4v) is 3.47. The smallest absolute Gasteiger partial charge is 0.130 e. The first-order valence-corrected chi connectivity index (χ1v) is 8.56. The van der Waals surface area contributed by atoms with Gasteiger partial charge in [-0.05, 0) is 27.8 Å². The van der Waals surface area contributed by atoms with Gasteiger partial charge in [0.15, 0.2) is 0 Å². The third kappa shape index (κ3) is 4.25. The van der Waals surface area contributed by atoms with Gasteiger partial charge in [-0.3, -0.25) is 9.58 Å². The van der Waals surface area contributed by atoms with Crippen molar-refractivity contribution in [3.63, 3.8) is 0 Å². The van der Waals surface area contributed by atoms with Crippen LogP contribution >= 0.6 is 0 Å². The van der Waals surface area contributed by atoms with E-state index in [4.69, 9.17) is 0 Å². The van der Waals surface area contributed by atoms with Gasteiger partial charge in [-0.2, -0.15) is 5.10 Å². The monoisotopic (exact) mass is 322 g/mol. The maximum atomic E-state index is 4.56. The molecule has 0 radical (unpaired) electrons. The maximum absolute atomic E-state index is 4.56. The van der Waals surface area contributed by atoms with Crippen molar-refractivity contribution in [2.45, 2.75) is 32.9 Å². The molecular formula is C17H34N6. The van der Waals surface area contributed by atoms with Crippen LogP contribution in [0.4, 0.5) is 5.82 Å². The molecule has 1 aromatic rings. The van der Waals surface area contributed by atoms with Crippen LogP contribution in [0.25, 0.3) is 0 Å². The molecule has 1 aliphatic heterocycles. The molecule has 1 aromatic heterocycles. The Kier molecular flexibility index (Phi) is 5.70. The summed E-state index contributed by atoms with van der Waals surface area (Å²) in [5.74, 6) is 1.19. The summed E-state index contributed by atoms with van der Waals surface area (Å²) >= 11 is 0. The minimum Gasteiger partial charge on any atom is -0.363 e. The summed E-state index contributed by atoms with van der Waals surface area (Å²) in [6.45, 7) is 13.3. The van der Waals surface area contributed by atoms with Crippen LogP contribution in [0, 0.1) is 6.92 Å². The molecule has 0 saturated carbocycles. The van der Waals surface area contributed by atoms with Gasteiger partial charge in [0.05, 0.1) is 5.69 Å². The number of piperazine rings is 1. The molecule has 23 heavy (non-hydrogen) atoms. The van der Waals surface area contributed by atoms with Gasteiger partial charge in [-0.1, -0.05) is 0 Å². The number of nitrogens with one attached hydrogen (secondary N) is 1. The molecule has 0 spiro atoms. The van der Waals surface area contributed by atoms with Gasteiger partial charge >= 0.3 is 0 Å². The highest BCUT2D eigenvalue weighted by Crippen LogP contribution is 2.22. The molecule has 6 heteroatoms. The molecule has 0 aliphatic carbocycles. The summed E-state index contributed by atoms with van der Waals surface area (Å²) in [7, 11) is 8.37. The van der Waals surface area contributed by atoms with E-state index in [1.54, 1.807) is 0 Å². The van der Waals surface area contributed by atoms with Crippen LogP contribution in [0.3, 0.4) is 0 Å². The van der Waals surface area contributed by atoms with Crippen LogP contribution in [0.5, 0.6) is 0 Å². The predicted octanol–water partition coefficient (Wildman–Crippen LogP) is 0.910. The van der Waals surface area contributed by atoms with Crippen molar-refractivity contribution in [3.8, 4) is 0 Å². The molecule has 0 unspecified atom stereocenters. The lowest BCUT2D eigenvalue weighted by atomic mass is 10.0. The minimum atomic E-state index is 0.176. The Hall–Kier alpha value is -1.11. The molecule has 0 atom stereocenters. The van der Waals surface area contributed by atoms with Gasteiger partial charge in [0.25, 0.3) is 0 Å². The number of rotatable bonds is 6. The second-order valence-corrected chi connectivity index (χ2v) is 7.61. The molecule has 1 aliphatic rings. The van der Waals surface area contributed by atoms with Crippen LogP contribution in [-0.2, 0) is 13.6 Å². The van der Waals surface area contributed by atoms with E-state index in [0.717, 1.165) is 45.0 Å². The summed E-state index contributed by atoms with van der Waals surface area (Å²) in [5, 5.41) is 8.23. The average molecular weight is 323 g/mol. The zero-order valence-corrected chi connectivity index (χ0v) is 16.0. The molecular weight excluding hydrogens is 288 g/mol. The van der Waals surface area contributed by atoms with Gasteiger partial charge in [-0.25, -0.2) is 0 Å². The number of hydrogen-bond donors (Lipinski definition) is 1. The summed E-state index contributed by atoms with van der Waals surface area (Å²) in [6.07, 6.45) is 0. The molecule has 1 saturated heterocycles. The Labute approximate surface area is 141 Å². The van der Waals surface area contributed by atoms with Crippen LogP contribution in [0.2, 0.25) is 0 Å². The lowest BCUT2D eigenvalue weighted by Crippen LogP contribution is -2.57. The summed E-state index contributed by atoms with van der Waals surface area (Å²) < 4.78 is 1.97. The lowest BCUT2D eigenvalue weighted by molar-refractivity contribution is 0.0618. The number of nitrogens with zero attached hydrogens (tertiary/aromatic N) is 5. The van der Waals surface area contributed by atoms with E-state index in [-0.39, 0.29) is 5.54 Å². The van der Waals surface area contributed by atoms with Crippen molar-refractivity contribution >= 4 is 5.82 Å². The molecule has 0 amide bonds. The Bertz CT molecular complexity index is 511. The highest BCUT2D eigenvalue weighted by Gasteiger charge is 2.29. The van der Waals surface area contributed by atoms with Crippen LogP contribution in [-0.4, -0.2) is 79.0 Å². The Morgan fingerprint density at radius 2 is 1.74 bits per heavy atom. The highest BCUT2D eigenvalue weighted by atomic mass is 15.4. The Morgan fingerprint density at radius 1 is 1.13 bits per heavy atom. The van der Waals surface area contributed by atoms with Gasteiger partial charge in [0.2, 0.25) is 0 Å². The van der Waals surface area contributed by atoms with E-state index in [2.05, 4.69) is 67.0 Å². The number of hydrogen-bond acceptors (Lipinski definition) is 5. The fraction of sp³-hybridized carbons (Fsp3) is 0.824. The molecule has 6 nitrogen and oxygen atoms in total. The largest absolute Gasteiger partial charge is 0.363 e. The second-order valence-electron chi connectivity index (χ2n) is 7.61. The van der Waals surface area contributed by atoms with E-state index in [1.165, 1.54) is 11.4 Å². The summed E-state index contributed by atoms with van der Waals surface area (Å²) in [4.78, 5) is 7.15. The lowest BCUT2D eigenvalue weighted by Gasteiger charge is -2.43.